The number of carbonyl (C=O) groups excluding carboxylic acids is 1. The standard InChI is InChI=1S/C12H14BrN3O5/c13-7-3-8(16(18)19)5-10(4-7)20-6-9-1-2-11(21-9)12(17)15-14/h3-5,9,11H,1-2,6,14H2,(H,15,17). The number of nitrogens with zero attached hydrogens (tertiary/aromatic N) is 1. The lowest BCUT2D eigenvalue weighted by Crippen LogP contribution is -2.39. The Morgan fingerprint density at radius 1 is 1.52 bits per heavy atom. The highest BCUT2D eigenvalue weighted by atomic mass is 79.9. The van der Waals surface area contributed by atoms with Crippen molar-refractivity contribution in [3.05, 3.63) is 32.8 Å². The molecule has 1 amide bonds. The van der Waals surface area contributed by atoms with Crippen molar-refractivity contribution in [2.24, 2.45) is 5.84 Å². The number of nitrogens with one attached hydrogen (secondary N) is 1. The van der Waals surface area contributed by atoms with E-state index >= 15 is 0 Å². The summed E-state index contributed by atoms with van der Waals surface area (Å²) in [5.41, 5.74) is 1.98. The van der Waals surface area contributed by atoms with Crippen LogP contribution in [-0.2, 0) is 9.53 Å². The minimum absolute atomic E-state index is 0.0629. The van der Waals surface area contributed by atoms with Gasteiger partial charge in [0.15, 0.2) is 0 Å². The molecule has 2 unspecified atom stereocenters. The molecule has 3 N–H and O–H groups in total. The molecule has 0 radical (unpaired) electrons. The van der Waals surface area contributed by atoms with Crippen LogP contribution in [0, 0.1) is 10.1 Å². The SMILES string of the molecule is NNC(=O)C1CCC(COc2cc(Br)cc([N+](=O)[O-])c2)O1. The number of hydrazine groups is 1. The van der Waals surface area contributed by atoms with Gasteiger partial charge in [-0.2, -0.15) is 0 Å². The first-order valence-corrected chi connectivity index (χ1v) is 7.02. The molecule has 8 nitrogen and oxygen atoms in total. The Bertz CT molecular complexity index is 554. The first-order chi connectivity index (χ1) is 9.99. The van der Waals surface area contributed by atoms with Crippen LogP contribution in [-0.4, -0.2) is 29.6 Å². The first kappa shape index (κ1) is 15.7. The molecule has 1 aromatic carbocycles. The highest BCUT2D eigenvalue weighted by Gasteiger charge is 2.30. The molecule has 2 atom stereocenters. The second-order valence-electron chi connectivity index (χ2n) is 4.55. The number of nitro groups is 1. The van der Waals surface area contributed by atoms with Crippen molar-refractivity contribution < 1.29 is 19.2 Å². The Hall–Kier alpha value is -1.71. The molecule has 21 heavy (non-hydrogen) atoms. The zero-order valence-corrected chi connectivity index (χ0v) is 12.5. The van der Waals surface area contributed by atoms with Gasteiger partial charge >= 0.3 is 0 Å². The van der Waals surface area contributed by atoms with Crippen molar-refractivity contribution >= 4 is 27.5 Å². The zero-order chi connectivity index (χ0) is 15.4. The monoisotopic (exact) mass is 359 g/mol. The van der Waals surface area contributed by atoms with E-state index in [1.54, 1.807) is 6.07 Å². The predicted octanol–water partition coefficient (Wildman–Crippen LogP) is 1.27. The van der Waals surface area contributed by atoms with E-state index in [0.717, 1.165) is 0 Å². The Balaban J connectivity index is 1.92. The number of halogens is 1. The topological polar surface area (TPSA) is 117 Å². The molecular weight excluding hydrogens is 346 g/mol. The average molecular weight is 360 g/mol. The van der Waals surface area contributed by atoms with Gasteiger partial charge in [0.05, 0.1) is 17.1 Å². The Morgan fingerprint density at radius 3 is 2.95 bits per heavy atom. The van der Waals surface area contributed by atoms with Gasteiger partial charge in [0.1, 0.15) is 18.5 Å². The van der Waals surface area contributed by atoms with Crippen LogP contribution in [0.3, 0.4) is 0 Å². The largest absolute Gasteiger partial charge is 0.491 e. The second-order valence-corrected chi connectivity index (χ2v) is 5.46. The second kappa shape index (κ2) is 6.83. The summed E-state index contributed by atoms with van der Waals surface area (Å²) in [7, 11) is 0. The number of hydrogen-bond donors (Lipinski definition) is 2. The first-order valence-electron chi connectivity index (χ1n) is 6.23. The molecular formula is C12H14BrN3O5. The number of amides is 1. The predicted molar refractivity (Wildman–Crippen MR) is 76.5 cm³/mol. The Labute approximate surface area is 128 Å². The van der Waals surface area contributed by atoms with Crippen LogP contribution in [0.15, 0.2) is 22.7 Å². The van der Waals surface area contributed by atoms with Gasteiger partial charge in [0.25, 0.3) is 11.6 Å². The van der Waals surface area contributed by atoms with Gasteiger partial charge in [0, 0.05) is 10.5 Å². The summed E-state index contributed by atoms with van der Waals surface area (Å²) in [5, 5.41) is 10.8. The fraction of sp³-hybridized carbons (Fsp3) is 0.417. The van der Waals surface area contributed by atoms with Crippen LogP contribution in [0.4, 0.5) is 5.69 Å². The zero-order valence-electron chi connectivity index (χ0n) is 11.0. The van der Waals surface area contributed by atoms with Crippen LogP contribution in [0.5, 0.6) is 5.75 Å². The van der Waals surface area contributed by atoms with Crippen LogP contribution >= 0.6 is 15.9 Å². The number of nitro benzene ring substituents is 1. The Morgan fingerprint density at radius 2 is 2.29 bits per heavy atom. The summed E-state index contributed by atoms with van der Waals surface area (Å²) in [6.45, 7) is 0.210. The van der Waals surface area contributed by atoms with Gasteiger partial charge in [-0.3, -0.25) is 20.3 Å². The van der Waals surface area contributed by atoms with E-state index in [1.165, 1.54) is 12.1 Å². The molecule has 0 bridgehead atoms. The number of nitrogens with two attached hydrogens (primary N) is 1. The summed E-state index contributed by atoms with van der Waals surface area (Å²) in [5.74, 6) is 5.05. The van der Waals surface area contributed by atoms with E-state index in [1.807, 2.05) is 5.43 Å². The van der Waals surface area contributed by atoms with Crippen molar-refractivity contribution in [3.63, 3.8) is 0 Å². The highest BCUT2D eigenvalue weighted by molar-refractivity contribution is 9.10. The van der Waals surface area contributed by atoms with Gasteiger partial charge in [-0.25, -0.2) is 5.84 Å². The average Bonchev–Trinajstić information content (AvgIpc) is 2.92. The lowest BCUT2D eigenvalue weighted by Gasteiger charge is -2.13. The minimum atomic E-state index is -0.569. The van der Waals surface area contributed by atoms with Gasteiger partial charge in [-0.15, -0.1) is 0 Å². The van der Waals surface area contributed by atoms with Gasteiger partial charge in [0.2, 0.25) is 0 Å². The molecule has 2 rings (SSSR count). The van der Waals surface area contributed by atoms with Crippen molar-refractivity contribution in [3.8, 4) is 5.75 Å². The van der Waals surface area contributed by atoms with E-state index in [2.05, 4.69) is 15.9 Å². The van der Waals surface area contributed by atoms with Crippen molar-refractivity contribution in [1.29, 1.82) is 0 Å². The van der Waals surface area contributed by atoms with Crippen molar-refractivity contribution in [2.75, 3.05) is 6.61 Å². The fourth-order valence-corrected chi connectivity index (χ4v) is 2.50. The quantitative estimate of drug-likeness (QED) is 0.354. The van der Waals surface area contributed by atoms with E-state index < -0.39 is 11.0 Å². The number of benzene rings is 1. The normalized spacial score (nSPS) is 21.0. The number of ether oxygens (including phenoxy) is 2. The van der Waals surface area contributed by atoms with Gasteiger partial charge in [-0.1, -0.05) is 15.9 Å². The molecule has 1 saturated heterocycles. The molecule has 1 aromatic rings. The van der Waals surface area contributed by atoms with E-state index in [4.69, 9.17) is 15.3 Å². The third kappa shape index (κ3) is 4.13. The molecule has 0 spiro atoms. The van der Waals surface area contributed by atoms with Crippen LogP contribution in [0.2, 0.25) is 0 Å². The number of rotatable bonds is 5. The molecule has 0 saturated carbocycles. The van der Waals surface area contributed by atoms with E-state index in [9.17, 15) is 14.9 Å². The molecule has 0 aliphatic carbocycles. The summed E-state index contributed by atoms with van der Waals surface area (Å²) < 4.78 is 11.5. The molecule has 9 heteroatoms. The summed E-state index contributed by atoms with van der Waals surface area (Å²) >= 11 is 3.19. The molecule has 1 heterocycles. The number of hydrogen-bond acceptors (Lipinski definition) is 6. The smallest absolute Gasteiger partial charge is 0.274 e. The molecule has 114 valence electrons. The maximum absolute atomic E-state index is 11.3. The summed E-state index contributed by atoms with van der Waals surface area (Å²) in [6.07, 6.45) is 0.412. The van der Waals surface area contributed by atoms with Crippen LogP contribution in [0.1, 0.15) is 12.8 Å². The molecule has 1 aliphatic heterocycles. The van der Waals surface area contributed by atoms with E-state index in [-0.39, 0.29) is 24.3 Å². The van der Waals surface area contributed by atoms with Crippen molar-refractivity contribution in [2.45, 2.75) is 25.0 Å². The summed E-state index contributed by atoms with van der Waals surface area (Å²) in [6, 6.07) is 4.36. The lowest BCUT2D eigenvalue weighted by atomic mass is 10.2. The summed E-state index contributed by atoms with van der Waals surface area (Å²) in [4.78, 5) is 21.6. The van der Waals surface area contributed by atoms with Gasteiger partial charge in [-0.05, 0) is 18.9 Å². The van der Waals surface area contributed by atoms with Gasteiger partial charge < -0.3 is 9.47 Å². The Kier molecular flexibility index (Phi) is 5.10. The third-order valence-electron chi connectivity index (χ3n) is 3.05. The van der Waals surface area contributed by atoms with Crippen molar-refractivity contribution in [1.82, 2.24) is 5.43 Å². The molecule has 0 aromatic heterocycles. The number of carbonyl (C=O) groups is 1. The fourth-order valence-electron chi connectivity index (χ4n) is 2.04. The van der Waals surface area contributed by atoms with Crippen LogP contribution < -0.4 is 16.0 Å². The lowest BCUT2D eigenvalue weighted by molar-refractivity contribution is -0.385. The van der Waals surface area contributed by atoms with E-state index in [0.29, 0.717) is 23.1 Å². The molecule has 1 aliphatic rings. The maximum atomic E-state index is 11.3. The maximum Gasteiger partial charge on any atom is 0.274 e. The minimum Gasteiger partial charge on any atom is -0.491 e. The molecule has 1 fully saturated rings. The third-order valence-corrected chi connectivity index (χ3v) is 3.50. The number of non-ortho nitro benzene ring substituents is 1. The van der Waals surface area contributed by atoms with Crippen LogP contribution in [0.25, 0.3) is 0 Å². The highest BCUT2D eigenvalue weighted by Crippen LogP contribution is 2.27.